The molecule has 0 saturated carbocycles. The van der Waals surface area contributed by atoms with Crippen LogP contribution in [0.3, 0.4) is 0 Å². The third-order valence-corrected chi connectivity index (χ3v) is 6.07. The number of benzene rings is 1. The summed E-state index contributed by atoms with van der Waals surface area (Å²) in [6, 6.07) is 6.89. The van der Waals surface area contributed by atoms with E-state index in [1.807, 2.05) is 26.0 Å². The number of hydrogen-bond acceptors (Lipinski definition) is 7. The summed E-state index contributed by atoms with van der Waals surface area (Å²) in [7, 11) is 1.77. The zero-order chi connectivity index (χ0) is 25.6. The number of alkyl halides is 3. The van der Waals surface area contributed by atoms with Crippen molar-refractivity contribution in [2.75, 3.05) is 35.7 Å². The summed E-state index contributed by atoms with van der Waals surface area (Å²) in [6.45, 7) is 5.15. The van der Waals surface area contributed by atoms with Crippen LogP contribution in [0.2, 0.25) is 0 Å². The number of carbonyl (C=O) groups excluding carboxylic acids is 1. The Labute approximate surface area is 205 Å². The van der Waals surface area contributed by atoms with Crippen LogP contribution in [0.5, 0.6) is 0 Å². The molecule has 2 aliphatic rings. The van der Waals surface area contributed by atoms with E-state index in [1.54, 1.807) is 19.2 Å². The first kappa shape index (κ1) is 23.5. The fourth-order valence-corrected chi connectivity index (χ4v) is 4.26. The number of amides is 1. The quantitative estimate of drug-likeness (QED) is 0.553. The Morgan fingerprint density at radius 3 is 2.67 bits per heavy atom. The number of nitrogens with zero attached hydrogens (tertiary/aromatic N) is 5. The van der Waals surface area contributed by atoms with Crippen molar-refractivity contribution in [1.29, 1.82) is 0 Å². The van der Waals surface area contributed by atoms with Crippen LogP contribution < -0.4 is 15.5 Å². The van der Waals surface area contributed by atoms with E-state index in [9.17, 15) is 18.0 Å². The fourth-order valence-electron chi connectivity index (χ4n) is 4.26. The Hall–Kier alpha value is -4.28. The highest BCUT2D eigenvalue weighted by molar-refractivity contribution is 6.36. The first-order valence-corrected chi connectivity index (χ1v) is 11.2. The Balaban J connectivity index is 1.52. The molecule has 0 radical (unpaired) electrons. The van der Waals surface area contributed by atoms with E-state index in [-0.39, 0.29) is 5.69 Å². The molecule has 0 fully saturated rings. The molecule has 0 saturated heterocycles. The van der Waals surface area contributed by atoms with Crippen LogP contribution >= 0.6 is 0 Å². The molecule has 0 aliphatic carbocycles. The summed E-state index contributed by atoms with van der Waals surface area (Å²) in [6.07, 6.45) is -1.60. The standard InChI is InChI=1S/C25H22F3N7O/c1-13-4-5-16(33-23(36)20-10-15(6-7-30-20)25(26,27)28)11-17(13)19-12-18-14(2)32-24(29-3)34-22(18)35-9-8-31-21(19)35/h4-7,10-12H,8-9H2,1-3H3,(H,33,36)(H,29,32,34). The highest BCUT2D eigenvalue weighted by Gasteiger charge is 2.33. The lowest BCUT2D eigenvalue weighted by molar-refractivity contribution is -0.137. The summed E-state index contributed by atoms with van der Waals surface area (Å²) in [5.74, 6) is 1.35. The van der Waals surface area contributed by atoms with Crippen LogP contribution in [0.4, 0.5) is 30.6 Å². The molecule has 0 unspecified atom stereocenters. The SMILES string of the molecule is CNc1nc(C)c2c(n1)N1CCN=C1C(c1cc(NC(=O)c3cc(C(F)(F)F)ccn3)ccc1C)=C2. The number of hydrogen-bond donors (Lipinski definition) is 2. The minimum absolute atomic E-state index is 0.322. The highest BCUT2D eigenvalue weighted by atomic mass is 19.4. The van der Waals surface area contributed by atoms with Gasteiger partial charge < -0.3 is 15.5 Å². The van der Waals surface area contributed by atoms with Crippen molar-refractivity contribution in [2.24, 2.45) is 4.99 Å². The van der Waals surface area contributed by atoms with Gasteiger partial charge in [0, 0.05) is 36.6 Å². The Morgan fingerprint density at radius 2 is 1.92 bits per heavy atom. The number of nitrogens with one attached hydrogen (secondary N) is 2. The smallest absolute Gasteiger partial charge is 0.357 e. The number of aromatic nitrogens is 3. The summed E-state index contributed by atoms with van der Waals surface area (Å²) in [4.78, 5) is 32.4. The molecule has 0 atom stereocenters. The lowest BCUT2D eigenvalue weighted by Crippen LogP contribution is -2.33. The van der Waals surface area contributed by atoms with E-state index >= 15 is 0 Å². The lowest BCUT2D eigenvalue weighted by atomic mass is 9.93. The van der Waals surface area contributed by atoms with Gasteiger partial charge in [0.2, 0.25) is 5.95 Å². The number of fused-ring (bicyclic) bond motifs is 3. The van der Waals surface area contributed by atoms with Gasteiger partial charge in [-0.05, 0) is 55.3 Å². The third kappa shape index (κ3) is 4.16. The van der Waals surface area contributed by atoms with Crippen molar-refractivity contribution >= 4 is 40.8 Å². The van der Waals surface area contributed by atoms with Crippen LogP contribution in [0.15, 0.2) is 41.5 Å². The van der Waals surface area contributed by atoms with Crippen LogP contribution in [0.1, 0.15) is 38.4 Å². The van der Waals surface area contributed by atoms with Crippen LogP contribution in [-0.4, -0.2) is 46.8 Å². The Kier molecular flexibility index (Phi) is 5.70. The number of rotatable bonds is 4. The molecule has 184 valence electrons. The van der Waals surface area contributed by atoms with Crippen molar-refractivity contribution < 1.29 is 18.0 Å². The van der Waals surface area contributed by atoms with E-state index in [1.165, 1.54) is 0 Å². The first-order chi connectivity index (χ1) is 17.2. The number of anilines is 3. The average molecular weight is 493 g/mol. The summed E-state index contributed by atoms with van der Waals surface area (Å²) < 4.78 is 39.2. The van der Waals surface area contributed by atoms with Crippen molar-refractivity contribution in [3.05, 3.63) is 70.2 Å². The van der Waals surface area contributed by atoms with E-state index in [4.69, 9.17) is 4.99 Å². The molecule has 5 rings (SSSR count). The number of halogens is 3. The van der Waals surface area contributed by atoms with E-state index in [0.717, 1.165) is 57.9 Å². The lowest BCUT2D eigenvalue weighted by Gasteiger charge is -2.29. The van der Waals surface area contributed by atoms with E-state index in [0.29, 0.717) is 24.7 Å². The zero-order valence-corrected chi connectivity index (χ0v) is 19.7. The summed E-state index contributed by atoms with van der Waals surface area (Å²) >= 11 is 0. The fraction of sp³-hybridized carbons (Fsp3) is 0.240. The molecule has 1 aromatic carbocycles. The molecule has 2 N–H and O–H groups in total. The molecule has 2 aromatic heterocycles. The number of carbonyl (C=O) groups is 1. The zero-order valence-electron chi connectivity index (χ0n) is 19.7. The van der Waals surface area contributed by atoms with Gasteiger partial charge in [-0.15, -0.1) is 0 Å². The second kappa shape index (κ2) is 8.74. The minimum Gasteiger partial charge on any atom is -0.357 e. The maximum Gasteiger partial charge on any atom is 0.416 e. The second-order valence-electron chi connectivity index (χ2n) is 8.45. The minimum atomic E-state index is -4.57. The summed E-state index contributed by atoms with van der Waals surface area (Å²) in [5, 5.41) is 5.65. The van der Waals surface area contributed by atoms with Crippen molar-refractivity contribution in [2.45, 2.75) is 20.0 Å². The van der Waals surface area contributed by atoms with Gasteiger partial charge in [0.15, 0.2) is 0 Å². The molecule has 4 heterocycles. The Bertz CT molecular complexity index is 1450. The number of aryl methyl sites for hydroxylation is 2. The van der Waals surface area contributed by atoms with Crippen LogP contribution in [0, 0.1) is 13.8 Å². The predicted octanol–water partition coefficient (Wildman–Crippen LogP) is 4.57. The van der Waals surface area contributed by atoms with Crippen molar-refractivity contribution in [3.8, 4) is 0 Å². The van der Waals surface area contributed by atoms with Gasteiger partial charge in [-0.2, -0.15) is 18.2 Å². The van der Waals surface area contributed by atoms with Gasteiger partial charge in [-0.25, -0.2) is 4.98 Å². The number of aliphatic imine (C=N–C) groups is 1. The average Bonchev–Trinajstić information content (AvgIpc) is 3.35. The maximum absolute atomic E-state index is 13.1. The van der Waals surface area contributed by atoms with E-state index in [2.05, 4.69) is 30.5 Å². The van der Waals surface area contributed by atoms with Crippen LogP contribution in [0.25, 0.3) is 11.6 Å². The van der Waals surface area contributed by atoms with Crippen molar-refractivity contribution in [3.63, 3.8) is 0 Å². The van der Waals surface area contributed by atoms with Gasteiger partial charge in [-0.3, -0.25) is 14.8 Å². The molecule has 1 amide bonds. The maximum atomic E-state index is 13.1. The van der Waals surface area contributed by atoms with Gasteiger partial charge in [0.1, 0.15) is 17.3 Å². The van der Waals surface area contributed by atoms with Gasteiger partial charge in [0.25, 0.3) is 5.91 Å². The topological polar surface area (TPSA) is 95.4 Å². The van der Waals surface area contributed by atoms with Crippen molar-refractivity contribution in [1.82, 2.24) is 15.0 Å². The molecule has 2 aliphatic heterocycles. The second-order valence-corrected chi connectivity index (χ2v) is 8.45. The predicted molar refractivity (Wildman–Crippen MR) is 132 cm³/mol. The number of amidine groups is 1. The molecule has 0 spiro atoms. The Morgan fingerprint density at radius 1 is 1.11 bits per heavy atom. The largest absolute Gasteiger partial charge is 0.416 e. The number of pyridine rings is 1. The summed E-state index contributed by atoms with van der Waals surface area (Å²) in [5.41, 5.74) is 3.49. The monoisotopic (exact) mass is 493 g/mol. The highest BCUT2D eigenvalue weighted by Crippen LogP contribution is 2.38. The molecule has 11 heteroatoms. The van der Waals surface area contributed by atoms with Crippen LogP contribution in [-0.2, 0) is 6.18 Å². The molecule has 0 bridgehead atoms. The van der Waals surface area contributed by atoms with Gasteiger partial charge >= 0.3 is 6.18 Å². The molecule has 36 heavy (non-hydrogen) atoms. The third-order valence-electron chi connectivity index (χ3n) is 6.07. The molecular weight excluding hydrogens is 471 g/mol. The normalized spacial score (nSPS) is 14.6. The van der Waals surface area contributed by atoms with Gasteiger partial charge in [-0.1, -0.05) is 6.07 Å². The molecule has 8 nitrogen and oxygen atoms in total. The molecule has 3 aromatic rings. The molecular formula is C25H22F3N7O. The van der Waals surface area contributed by atoms with Gasteiger partial charge in [0.05, 0.1) is 17.8 Å². The first-order valence-electron chi connectivity index (χ1n) is 11.2. The van der Waals surface area contributed by atoms with E-state index < -0.39 is 17.6 Å².